The number of halogens is 2. The molecule has 0 fully saturated rings. The monoisotopic (exact) mass is 360 g/mol. The Morgan fingerprint density at radius 2 is 2.09 bits per heavy atom. The van der Waals surface area contributed by atoms with Crippen LogP contribution in [-0.2, 0) is 0 Å². The molecular weight excluding hydrogens is 339 g/mol. The summed E-state index contributed by atoms with van der Waals surface area (Å²) in [5.74, 6) is -0.328. The molecule has 23 heavy (non-hydrogen) atoms. The lowest BCUT2D eigenvalue weighted by molar-refractivity contribution is 0.0998. The number of nitrogens with one attached hydrogen (secondary N) is 3. The van der Waals surface area contributed by atoms with Gasteiger partial charge in [0, 0.05) is 19.0 Å². The molecule has 7 N–H and O–H groups in total. The Morgan fingerprint density at radius 3 is 2.74 bits per heavy atom. The minimum absolute atomic E-state index is 0. The van der Waals surface area contributed by atoms with Crippen molar-refractivity contribution in [2.24, 2.45) is 16.5 Å². The Labute approximate surface area is 147 Å². The van der Waals surface area contributed by atoms with Gasteiger partial charge in [-0.1, -0.05) is 12.1 Å². The van der Waals surface area contributed by atoms with Crippen molar-refractivity contribution in [1.29, 1.82) is 0 Å². The summed E-state index contributed by atoms with van der Waals surface area (Å²) < 4.78 is 0. The van der Waals surface area contributed by atoms with Crippen LogP contribution in [0.5, 0.6) is 0 Å². The zero-order chi connectivity index (χ0) is 15.2. The Morgan fingerprint density at radius 1 is 1.35 bits per heavy atom. The summed E-state index contributed by atoms with van der Waals surface area (Å²) >= 11 is 0. The van der Waals surface area contributed by atoms with E-state index in [1.807, 2.05) is 18.2 Å². The van der Waals surface area contributed by atoms with Crippen molar-refractivity contribution < 1.29 is 4.79 Å². The number of nitrogens with zero attached hydrogens (tertiary/aromatic N) is 1. The Bertz CT molecular complexity index is 670. The number of anilines is 1. The molecule has 0 saturated heterocycles. The number of fused-ring (bicyclic) bond motifs is 1. The van der Waals surface area contributed by atoms with E-state index < -0.39 is 5.91 Å². The smallest absolute Gasteiger partial charge is 0.296 e. The van der Waals surface area contributed by atoms with Gasteiger partial charge in [-0.25, -0.2) is 0 Å². The molecule has 0 unspecified atom stereocenters. The van der Waals surface area contributed by atoms with Crippen LogP contribution >= 0.6 is 24.8 Å². The third-order valence-corrected chi connectivity index (χ3v) is 3.06. The Kier molecular flexibility index (Phi) is 9.09. The minimum atomic E-state index is -0.411. The van der Waals surface area contributed by atoms with Crippen molar-refractivity contribution in [2.75, 3.05) is 25.5 Å². The van der Waals surface area contributed by atoms with Gasteiger partial charge in [-0.3, -0.25) is 4.79 Å². The number of benzene rings is 1. The van der Waals surface area contributed by atoms with Crippen LogP contribution < -0.4 is 22.1 Å². The van der Waals surface area contributed by atoms with E-state index in [0.29, 0.717) is 12.2 Å². The molecule has 2 aromatic rings. The van der Waals surface area contributed by atoms with Gasteiger partial charge >= 0.3 is 0 Å². The number of amides is 1. The molecule has 0 spiro atoms. The summed E-state index contributed by atoms with van der Waals surface area (Å²) in [6, 6.07) is 7.58. The molecule has 1 heterocycles. The number of carbonyl (C=O) groups is 1. The first-order chi connectivity index (χ1) is 10.2. The molecule has 0 saturated carbocycles. The summed E-state index contributed by atoms with van der Waals surface area (Å²) in [6.07, 6.45) is 0.881. The van der Waals surface area contributed by atoms with E-state index in [4.69, 9.17) is 11.5 Å². The van der Waals surface area contributed by atoms with Crippen LogP contribution in [0, 0.1) is 0 Å². The normalized spacial score (nSPS) is 10.6. The molecule has 1 amide bonds. The highest BCUT2D eigenvalue weighted by molar-refractivity contribution is 6.05. The standard InChI is InChI=1S/C14H20N6O.2ClH/c1-17-14(16)20-13(21)11-8-9-4-2-5-10(12(9)19-11)18-7-3-6-15;;/h2,4-5,8,18-19H,3,6-7,15H2,1H3,(H3,16,17,20,21);2*1H. The second-order valence-electron chi connectivity index (χ2n) is 4.57. The van der Waals surface area contributed by atoms with E-state index in [1.165, 1.54) is 0 Å². The zero-order valence-electron chi connectivity index (χ0n) is 12.8. The first kappa shape index (κ1) is 21.0. The van der Waals surface area contributed by atoms with Gasteiger partial charge in [-0.05, 0) is 25.1 Å². The van der Waals surface area contributed by atoms with E-state index in [1.54, 1.807) is 13.1 Å². The van der Waals surface area contributed by atoms with E-state index in [0.717, 1.165) is 29.6 Å². The van der Waals surface area contributed by atoms with Crippen LogP contribution in [0.4, 0.5) is 5.69 Å². The lowest BCUT2D eigenvalue weighted by Crippen LogP contribution is -2.28. The van der Waals surface area contributed by atoms with Crippen LogP contribution in [0.15, 0.2) is 29.3 Å². The number of nitrogens with two attached hydrogens (primary N) is 2. The summed E-state index contributed by atoms with van der Waals surface area (Å²) in [4.78, 5) is 18.8. The molecule has 1 aromatic heterocycles. The fraction of sp³-hybridized carbons (Fsp3) is 0.286. The molecule has 128 valence electrons. The topological polar surface area (TPSA) is 121 Å². The summed E-state index contributed by atoms with van der Waals surface area (Å²) in [6.45, 7) is 1.41. The molecule has 0 radical (unpaired) electrons. The molecule has 0 aliphatic rings. The van der Waals surface area contributed by atoms with Gasteiger partial charge in [0.25, 0.3) is 5.91 Å². The SMILES string of the molecule is CNC(N)=NC(=O)c1cc2cccc(NCCCN)c2[nH]1.Cl.Cl. The van der Waals surface area contributed by atoms with Crippen LogP contribution in [0.2, 0.25) is 0 Å². The summed E-state index contributed by atoms with van der Waals surface area (Å²) in [7, 11) is 1.61. The number of rotatable bonds is 5. The number of hydrogen-bond donors (Lipinski definition) is 5. The third-order valence-electron chi connectivity index (χ3n) is 3.06. The third kappa shape index (κ3) is 5.31. The zero-order valence-corrected chi connectivity index (χ0v) is 14.4. The highest BCUT2D eigenvalue weighted by atomic mass is 35.5. The van der Waals surface area contributed by atoms with Crippen LogP contribution in [-0.4, -0.2) is 37.0 Å². The average Bonchev–Trinajstić information content (AvgIpc) is 2.92. The second kappa shape index (κ2) is 9.94. The van der Waals surface area contributed by atoms with Gasteiger partial charge in [0.15, 0.2) is 5.96 Å². The molecule has 1 aromatic carbocycles. The fourth-order valence-corrected chi connectivity index (χ4v) is 1.97. The molecule has 0 aliphatic heterocycles. The fourth-order valence-electron chi connectivity index (χ4n) is 1.97. The molecule has 0 bridgehead atoms. The maximum Gasteiger partial charge on any atom is 0.296 e. The Hall–Kier alpha value is -1.96. The van der Waals surface area contributed by atoms with Crippen molar-refractivity contribution in [1.82, 2.24) is 10.3 Å². The molecule has 0 atom stereocenters. The first-order valence-electron chi connectivity index (χ1n) is 6.77. The number of carbonyl (C=O) groups excluding carboxylic acids is 1. The number of aromatic nitrogens is 1. The highest BCUT2D eigenvalue weighted by Crippen LogP contribution is 2.24. The lowest BCUT2D eigenvalue weighted by Gasteiger charge is -2.06. The number of H-pyrrole nitrogens is 1. The van der Waals surface area contributed by atoms with Crippen molar-refractivity contribution in [3.63, 3.8) is 0 Å². The number of guanidine groups is 1. The largest absolute Gasteiger partial charge is 0.383 e. The maximum atomic E-state index is 12.0. The van der Waals surface area contributed by atoms with Gasteiger partial charge in [0.1, 0.15) is 5.69 Å². The van der Waals surface area contributed by atoms with Crippen LogP contribution in [0.25, 0.3) is 10.9 Å². The Balaban J connectivity index is 0.00000242. The first-order valence-corrected chi connectivity index (χ1v) is 6.77. The predicted octanol–water partition coefficient (Wildman–Crippen LogP) is 1.45. The number of para-hydroxylation sites is 1. The average molecular weight is 361 g/mol. The van der Waals surface area contributed by atoms with Crippen LogP contribution in [0.1, 0.15) is 16.9 Å². The van der Waals surface area contributed by atoms with E-state index in [-0.39, 0.29) is 30.8 Å². The second-order valence-corrected chi connectivity index (χ2v) is 4.57. The van der Waals surface area contributed by atoms with Crippen molar-refractivity contribution in [2.45, 2.75) is 6.42 Å². The molecule has 9 heteroatoms. The van der Waals surface area contributed by atoms with E-state index in [9.17, 15) is 4.79 Å². The molecule has 0 aliphatic carbocycles. The summed E-state index contributed by atoms with van der Waals surface area (Å²) in [5, 5.41) is 6.85. The van der Waals surface area contributed by atoms with E-state index in [2.05, 4.69) is 20.6 Å². The highest BCUT2D eigenvalue weighted by Gasteiger charge is 2.11. The van der Waals surface area contributed by atoms with Crippen molar-refractivity contribution in [3.05, 3.63) is 30.0 Å². The van der Waals surface area contributed by atoms with Gasteiger partial charge in [-0.2, -0.15) is 4.99 Å². The number of aliphatic imine (C=N–C) groups is 1. The van der Waals surface area contributed by atoms with Crippen molar-refractivity contribution in [3.8, 4) is 0 Å². The number of aromatic amines is 1. The quantitative estimate of drug-likeness (QED) is 0.314. The molecular formula is C14H22Cl2N6O. The van der Waals surface area contributed by atoms with E-state index >= 15 is 0 Å². The van der Waals surface area contributed by atoms with Gasteiger partial charge in [-0.15, -0.1) is 24.8 Å². The minimum Gasteiger partial charge on any atom is -0.383 e. The van der Waals surface area contributed by atoms with Gasteiger partial charge < -0.3 is 27.1 Å². The number of hydrogen-bond acceptors (Lipinski definition) is 3. The summed E-state index contributed by atoms with van der Waals surface area (Å²) in [5.41, 5.74) is 13.2. The lowest BCUT2D eigenvalue weighted by atomic mass is 10.2. The van der Waals surface area contributed by atoms with Gasteiger partial charge in [0.05, 0.1) is 11.2 Å². The maximum absolute atomic E-state index is 12.0. The van der Waals surface area contributed by atoms with Crippen LogP contribution in [0.3, 0.4) is 0 Å². The molecule has 7 nitrogen and oxygen atoms in total. The van der Waals surface area contributed by atoms with Crippen molar-refractivity contribution >= 4 is 53.3 Å². The predicted molar refractivity (Wildman–Crippen MR) is 100.0 cm³/mol. The molecule has 2 rings (SSSR count). The van der Waals surface area contributed by atoms with Gasteiger partial charge in [0.2, 0.25) is 0 Å².